The van der Waals surface area contributed by atoms with Crippen molar-refractivity contribution in [1.82, 2.24) is 25.1 Å². The maximum absolute atomic E-state index is 12.3. The SMILES string of the molecule is CC(NC(=O)c1ccc(Sc2ccccn2)cc1)c1nncn1C. The molecule has 2 aromatic heterocycles. The molecular formula is C17H17N5OS. The summed E-state index contributed by atoms with van der Waals surface area (Å²) in [6, 6.07) is 13.0. The number of pyridine rings is 1. The second-order valence-electron chi connectivity index (χ2n) is 5.29. The van der Waals surface area contributed by atoms with Crippen LogP contribution in [-0.2, 0) is 7.05 Å². The third-order valence-corrected chi connectivity index (χ3v) is 4.42. The Hall–Kier alpha value is -2.67. The molecule has 1 atom stereocenters. The number of benzene rings is 1. The Bertz CT molecular complexity index is 817. The Kier molecular flexibility index (Phi) is 4.90. The van der Waals surface area contributed by atoms with Crippen LogP contribution in [0.1, 0.15) is 29.1 Å². The van der Waals surface area contributed by atoms with Crippen LogP contribution in [0.2, 0.25) is 0 Å². The number of amides is 1. The fraction of sp³-hybridized carbons (Fsp3) is 0.176. The van der Waals surface area contributed by atoms with Gasteiger partial charge in [0.25, 0.3) is 5.91 Å². The van der Waals surface area contributed by atoms with E-state index in [2.05, 4.69) is 20.5 Å². The van der Waals surface area contributed by atoms with Gasteiger partial charge in [0.2, 0.25) is 0 Å². The number of nitrogens with one attached hydrogen (secondary N) is 1. The van der Waals surface area contributed by atoms with E-state index in [1.807, 2.05) is 56.4 Å². The molecule has 2 heterocycles. The number of hydrogen-bond acceptors (Lipinski definition) is 5. The molecule has 0 aliphatic rings. The zero-order valence-corrected chi connectivity index (χ0v) is 14.2. The summed E-state index contributed by atoms with van der Waals surface area (Å²) in [6.07, 6.45) is 3.37. The number of rotatable bonds is 5. The third-order valence-electron chi connectivity index (χ3n) is 3.46. The normalized spacial score (nSPS) is 11.9. The van der Waals surface area contributed by atoms with Crippen LogP contribution in [-0.4, -0.2) is 25.7 Å². The Morgan fingerprint density at radius 2 is 2.00 bits per heavy atom. The molecule has 0 radical (unpaired) electrons. The van der Waals surface area contributed by atoms with E-state index in [9.17, 15) is 4.79 Å². The molecule has 1 aromatic carbocycles. The quantitative estimate of drug-likeness (QED) is 0.774. The van der Waals surface area contributed by atoms with Crippen LogP contribution in [0.4, 0.5) is 0 Å². The summed E-state index contributed by atoms with van der Waals surface area (Å²) in [5.74, 6) is 0.575. The fourth-order valence-electron chi connectivity index (χ4n) is 2.23. The van der Waals surface area contributed by atoms with Gasteiger partial charge in [0.05, 0.1) is 6.04 Å². The van der Waals surface area contributed by atoms with Crippen molar-refractivity contribution in [2.24, 2.45) is 7.05 Å². The molecule has 0 aliphatic heterocycles. The van der Waals surface area contributed by atoms with Gasteiger partial charge in [-0.25, -0.2) is 4.98 Å². The Labute approximate surface area is 144 Å². The monoisotopic (exact) mass is 339 g/mol. The first-order valence-electron chi connectivity index (χ1n) is 7.47. The van der Waals surface area contributed by atoms with Gasteiger partial charge in [-0.15, -0.1) is 10.2 Å². The summed E-state index contributed by atoms with van der Waals surface area (Å²) in [7, 11) is 1.85. The van der Waals surface area contributed by atoms with E-state index in [0.29, 0.717) is 11.4 Å². The van der Waals surface area contributed by atoms with Crippen molar-refractivity contribution in [2.45, 2.75) is 22.9 Å². The van der Waals surface area contributed by atoms with Gasteiger partial charge in [-0.2, -0.15) is 0 Å². The lowest BCUT2D eigenvalue weighted by Gasteiger charge is -2.13. The van der Waals surface area contributed by atoms with Crippen molar-refractivity contribution in [3.63, 3.8) is 0 Å². The fourth-order valence-corrected chi connectivity index (χ4v) is 3.01. The molecule has 0 aliphatic carbocycles. The van der Waals surface area contributed by atoms with Crippen molar-refractivity contribution >= 4 is 17.7 Å². The highest BCUT2D eigenvalue weighted by molar-refractivity contribution is 7.99. The number of carbonyl (C=O) groups is 1. The van der Waals surface area contributed by atoms with E-state index in [-0.39, 0.29) is 11.9 Å². The van der Waals surface area contributed by atoms with Gasteiger partial charge in [0.1, 0.15) is 11.4 Å². The molecule has 0 saturated carbocycles. The minimum absolute atomic E-state index is 0.139. The Balaban J connectivity index is 1.64. The predicted octanol–water partition coefficient (Wildman–Crippen LogP) is 2.85. The number of hydrogen-bond donors (Lipinski definition) is 1. The number of aryl methyl sites for hydroxylation is 1. The lowest BCUT2D eigenvalue weighted by molar-refractivity contribution is 0.0937. The highest BCUT2D eigenvalue weighted by Gasteiger charge is 2.15. The molecule has 1 unspecified atom stereocenters. The zero-order chi connectivity index (χ0) is 16.9. The van der Waals surface area contributed by atoms with Crippen molar-refractivity contribution in [2.75, 3.05) is 0 Å². The number of carbonyl (C=O) groups excluding carboxylic acids is 1. The largest absolute Gasteiger partial charge is 0.342 e. The van der Waals surface area contributed by atoms with Gasteiger partial charge in [-0.1, -0.05) is 17.8 Å². The van der Waals surface area contributed by atoms with Crippen molar-refractivity contribution in [1.29, 1.82) is 0 Å². The van der Waals surface area contributed by atoms with Gasteiger partial charge in [0, 0.05) is 23.7 Å². The molecule has 122 valence electrons. The Morgan fingerprint density at radius 3 is 2.62 bits per heavy atom. The second-order valence-corrected chi connectivity index (χ2v) is 6.38. The molecular weight excluding hydrogens is 322 g/mol. The lowest BCUT2D eigenvalue weighted by Crippen LogP contribution is -2.28. The van der Waals surface area contributed by atoms with Gasteiger partial charge in [-0.3, -0.25) is 4.79 Å². The van der Waals surface area contributed by atoms with E-state index >= 15 is 0 Å². The zero-order valence-electron chi connectivity index (χ0n) is 13.4. The number of nitrogens with zero attached hydrogens (tertiary/aromatic N) is 4. The van der Waals surface area contributed by atoms with E-state index in [0.717, 1.165) is 9.92 Å². The summed E-state index contributed by atoms with van der Waals surface area (Å²) in [5.41, 5.74) is 0.606. The molecule has 0 saturated heterocycles. The molecule has 0 fully saturated rings. The third kappa shape index (κ3) is 3.80. The average molecular weight is 339 g/mol. The molecule has 3 rings (SSSR count). The van der Waals surface area contributed by atoms with E-state index in [1.54, 1.807) is 28.9 Å². The van der Waals surface area contributed by atoms with E-state index in [4.69, 9.17) is 0 Å². The average Bonchev–Trinajstić information content (AvgIpc) is 3.02. The Morgan fingerprint density at radius 1 is 1.21 bits per heavy atom. The first-order chi connectivity index (χ1) is 11.6. The van der Waals surface area contributed by atoms with Crippen molar-refractivity contribution in [3.05, 3.63) is 66.4 Å². The summed E-state index contributed by atoms with van der Waals surface area (Å²) < 4.78 is 1.79. The molecule has 24 heavy (non-hydrogen) atoms. The number of aromatic nitrogens is 4. The molecule has 0 spiro atoms. The van der Waals surface area contributed by atoms with Crippen LogP contribution in [0.25, 0.3) is 0 Å². The smallest absolute Gasteiger partial charge is 0.251 e. The van der Waals surface area contributed by atoms with Crippen LogP contribution >= 0.6 is 11.8 Å². The summed E-state index contributed by atoms with van der Waals surface area (Å²) in [6.45, 7) is 1.88. The highest BCUT2D eigenvalue weighted by Crippen LogP contribution is 2.25. The van der Waals surface area contributed by atoms with Crippen LogP contribution < -0.4 is 5.32 Å². The predicted molar refractivity (Wildman–Crippen MR) is 91.7 cm³/mol. The molecule has 6 nitrogen and oxygen atoms in total. The summed E-state index contributed by atoms with van der Waals surface area (Å²) in [5, 5.41) is 11.7. The highest BCUT2D eigenvalue weighted by atomic mass is 32.2. The van der Waals surface area contributed by atoms with Gasteiger partial charge in [0.15, 0.2) is 5.82 Å². The van der Waals surface area contributed by atoms with Crippen LogP contribution in [0.3, 0.4) is 0 Å². The molecule has 3 aromatic rings. The van der Waals surface area contributed by atoms with Gasteiger partial charge < -0.3 is 9.88 Å². The summed E-state index contributed by atoms with van der Waals surface area (Å²) >= 11 is 1.56. The molecule has 7 heteroatoms. The van der Waals surface area contributed by atoms with Crippen LogP contribution in [0, 0.1) is 0 Å². The minimum Gasteiger partial charge on any atom is -0.342 e. The molecule has 1 amide bonds. The van der Waals surface area contributed by atoms with Gasteiger partial charge >= 0.3 is 0 Å². The minimum atomic E-state index is -0.215. The second kappa shape index (κ2) is 7.27. The first kappa shape index (κ1) is 16.2. The summed E-state index contributed by atoms with van der Waals surface area (Å²) in [4.78, 5) is 17.7. The first-order valence-corrected chi connectivity index (χ1v) is 8.29. The van der Waals surface area contributed by atoms with Crippen LogP contribution in [0.15, 0.2) is 64.9 Å². The maximum Gasteiger partial charge on any atom is 0.251 e. The lowest BCUT2D eigenvalue weighted by atomic mass is 10.2. The molecule has 1 N–H and O–H groups in total. The van der Waals surface area contributed by atoms with E-state index < -0.39 is 0 Å². The van der Waals surface area contributed by atoms with Gasteiger partial charge in [-0.05, 0) is 43.3 Å². The topological polar surface area (TPSA) is 72.7 Å². The van der Waals surface area contributed by atoms with E-state index in [1.165, 1.54) is 0 Å². The molecule has 0 bridgehead atoms. The van der Waals surface area contributed by atoms with Crippen molar-refractivity contribution < 1.29 is 4.79 Å². The standard InChI is InChI=1S/C17H17N5OS/c1-12(16-21-19-11-22(16)2)20-17(23)13-6-8-14(9-7-13)24-15-5-3-4-10-18-15/h3-12H,1-2H3,(H,20,23). The van der Waals surface area contributed by atoms with Crippen LogP contribution in [0.5, 0.6) is 0 Å². The van der Waals surface area contributed by atoms with Crippen molar-refractivity contribution in [3.8, 4) is 0 Å². The maximum atomic E-state index is 12.3.